The van der Waals surface area contributed by atoms with Gasteiger partial charge in [-0.1, -0.05) is 17.7 Å². The van der Waals surface area contributed by atoms with E-state index in [1.165, 1.54) is 6.33 Å². The summed E-state index contributed by atoms with van der Waals surface area (Å²) in [5.74, 6) is 1.28. The summed E-state index contributed by atoms with van der Waals surface area (Å²) in [6, 6.07) is 13.2. The minimum Gasteiger partial charge on any atom is -0.325 e. The molecule has 0 aliphatic carbocycles. The van der Waals surface area contributed by atoms with Gasteiger partial charge in [-0.05, 0) is 35.7 Å². The first-order valence-electron chi connectivity index (χ1n) is 10.6. The highest BCUT2D eigenvalue weighted by Crippen LogP contribution is 2.36. The molecule has 3 aromatic heterocycles. The van der Waals surface area contributed by atoms with E-state index in [2.05, 4.69) is 31.4 Å². The normalized spacial score (nSPS) is 12.3. The molecule has 10 heteroatoms. The Morgan fingerprint density at radius 2 is 2.09 bits per heavy atom. The molecule has 0 fully saturated rings. The van der Waals surface area contributed by atoms with E-state index in [1.54, 1.807) is 40.2 Å². The largest absolute Gasteiger partial charge is 0.325 e. The Balaban J connectivity index is 1.44. The molecule has 168 valence electrons. The van der Waals surface area contributed by atoms with E-state index < -0.39 is 0 Å². The summed E-state index contributed by atoms with van der Waals surface area (Å²) in [5, 5.41) is 17.5. The van der Waals surface area contributed by atoms with Crippen LogP contribution >= 0.6 is 11.6 Å². The monoisotopic (exact) mass is 470 g/mol. The second-order valence-electron chi connectivity index (χ2n) is 7.82. The fraction of sp³-hybridized carbons (Fsp3) is 0.167. The molecule has 0 radical (unpaired) electrons. The van der Waals surface area contributed by atoms with Crippen LogP contribution in [-0.4, -0.2) is 37.2 Å². The maximum atomic E-state index is 13.1. The van der Waals surface area contributed by atoms with E-state index in [9.17, 15) is 10.1 Å². The van der Waals surface area contributed by atoms with Gasteiger partial charge in [0.2, 0.25) is 5.91 Å². The van der Waals surface area contributed by atoms with Crippen molar-refractivity contribution in [2.45, 2.75) is 12.8 Å². The molecular weight excluding hydrogens is 452 g/mol. The van der Waals surface area contributed by atoms with Crippen molar-refractivity contribution in [1.29, 1.82) is 5.26 Å². The van der Waals surface area contributed by atoms with Crippen LogP contribution in [0, 0.1) is 11.3 Å². The van der Waals surface area contributed by atoms with Crippen molar-refractivity contribution in [2.24, 2.45) is 7.05 Å². The molecule has 1 aliphatic rings. The molecule has 4 heterocycles. The minimum absolute atomic E-state index is 0.119. The van der Waals surface area contributed by atoms with E-state index in [0.717, 1.165) is 16.9 Å². The number of pyridine rings is 1. The molecule has 1 aromatic carbocycles. The van der Waals surface area contributed by atoms with E-state index in [1.807, 2.05) is 25.2 Å². The molecule has 4 aromatic rings. The van der Waals surface area contributed by atoms with Crippen molar-refractivity contribution in [3.8, 4) is 17.3 Å². The standard InChI is InChI=1S/C24H19ClN8O/c1-32-21(4-7-30-32)31-20-12-19(28-14-29-20)17-9-15-5-8-33(23(15)18(10-17)13-26)22(34)11-16-3-2-6-27-24(16)25/h2-4,6-7,9-10,12,14H,5,8,11H2,1H3,(H,28,29,31). The summed E-state index contributed by atoms with van der Waals surface area (Å²) in [4.78, 5) is 27.4. The zero-order chi connectivity index (χ0) is 23.7. The van der Waals surface area contributed by atoms with Gasteiger partial charge >= 0.3 is 0 Å². The average Bonchev–Trinajstić information content (AvgIpc) is 3.46. The number of amides is 1. The van der Waals surface area contributed by atoms with Crippen LogP contribution in [0.5, 0.6) is 0 Å². The lowest BCUT2D eigenvalue weighted by Crippen LogP contribution is -2.31. The molecule has 0 saturated carbocycles. The summed E-state index contributed by atoms with van der Waals surface area (Å²) >= 11 is 6.13. The van der Waals surface area contributed by atoms with Gasteiger partial charge in [0.25, 0.3) is 0 Å². The van der Waals surface area contributed by atoms with E-state index >= 15 is 0 Å². The van der Waals surface area contributed by atoms with Crippen molar-refractivity contribution in [3.05, 3.63) is 77.0 Å². The van der Waals surface area contributed by atoms with Crippen molar-refractivity contribution >= 4 is 34.8 Å². The summed E-state index contributed by atoms with van der Waals surface area (Å²) < 4.78 is 1.70. The lowest BCUT2D eigenvalue weighted by Gasteiger charge is -2.19. The van der Waals surface area contributed by atoms with Crippen LogP contribution in [0.15, 0.2) is 55.1 Å². The Kier molecular flexibility index (Phi) is 5.65. The number of nitrogens with zero attached hydrogens (tertiary/aromatic N) is 7. The predicted molar refractivity (Wildman–Crippen MR) is 128 cm³/mol. The van der Waals surface area contributed by atoms with Crippen molar-refractivity contribution < 1.29 is 4.79 Å². The topological polar surface area (TPSA) is 113 Å². The number of fused-ring (bicyclic) bond motifs is 1. The predicted octanol–water partition coefficient (Wildman–Crippen LogP) is 3.67. The number of nitrogens with one attached hydrogen (secondary N) is 1. The Hall–Kier alpha value is -4.29. The molecule has 0 atom stereocenters. The number of carbonyl (C=O) groups excluding carboxylic acids is 1. The number of anilines is 3. The number of benzene rings is 1. The summed E-state index contributed by atoms with van der Waals surface area (Å²) in [6.45, 7) is 0.501. The maximum Gasteiger partial charge on any atom is 0.231 e. The molecule has 1 aliphatic heterocycles. The Bertz CT molecular complexity index is 1440. The quantitative estimate of drug-likeness (QED) is 0.443. The lowest BCUT2D eigenvalue weighted by molar-refractivity contribution is -0.117. The fourth-order valence-corrected chi connectivity index (χ4v) is 4.24. The zero-order valence-corrected chi connectivity index (χ0v) is 19.0. The number of rotatable bonds is 5. The molecule has 0 saturated heterocycles. The van der Waals surface area contributed by atoms with Crippen LogP contribution in [0.1, 0.15) is 16.7 Å². The van der Waals surface area contributed by atoms with Crippen LogP contribution < -0.4 is 10.2 Å². The molecule has 34 heavy (non-hydrogen) atoms. The fourth-order valence-electron chi connectivity index (χ4n) is 4.05. The van der Waals surface area contributed by atoms with Gasteiger partial charge in [-0.3, -0.25) is 9.48 Å². The van der Waals surface area contributed by atoms with Gasteiger partial charge in [0.1, 0.15) is 29.2 Å². The molecule has 1 amide bonds. The highest BCUT2D eigenvalue weighted by Gasteiger charge is 2.29. The molecule has 5 rings (SSSR count). The van der Waals surface area contributed by atoms with Crippen LogP contribution in [0.25, 0.3) is 11.3 Å². The van der Waals surface area contributed by atoms with Gasteiger partial charge in [0.05, 0.1) is 29.6 Å². The third kappa shape index (κ3) is 4.07. The second kappa shape index (κ2) is 8.92. The number of aryl methyl sites for hydroxylation is 1. The first-order valence-corrected chi connectivity index (χ1v) is 11.0. The number of nitriles is 1. The lowest BCUT2D eigenvalue weighted by atomic mass is 10.0. The van der Waals surface area contributed by atoms with E-state index in [0.29, 0.717) is 46.4 Å². The summed E-state index contributed by atoms with van der Waals surface area (Å²) in [6.07, 6.45) is 5.52. The van der Waals surface area contributed by atoms with Gasteiger partial charge in [0, 0.05) is 37.5 Å². The van der Waals surface area contributed by atoms with Gasteiger partial charge < -0.3 is 10.2 Å². The molecule has 0 unspecified atom stereocenters. The van der Waals surface area contributed by atoms with Gasteiger partial charge in [-0.2, -0.15) is 10.4 Å². The Morgan fingerprint density at radius 3 is 2.85 bits per heavy atom. The smallest absolute Gasteiger partial charge is 0.231 e. The number of carbonyl (C=O) groups is 1. The molecule has 0 spiro atoms. The number of hydrogen-bond donors (Lipinski definition) is 1. The molecule has 1 N–H and O–H groups in total. The van der Waals surface area contributed by atoms with Gasteiger partial charge in [-0.25, -0.2) is 15.0 Å². The van der Waals surface area contributed by atoms with Crippen molar-refractivity contribution in [2.75, 3.05) is 16.8 Å². The van der Waals surface area contributed by atoms with Gasteiger partial charge in [-0.15, -0.1) is 0 Å². The SMILES string of the molecule is Cn1nccc1Nc1cc(-c2cc(C#N)c3c(c2)CCN3C(=O)Cc2cccnc2Cl)ncn1. The van der Waals surface area contributed by atoms with Crippen molar-refractivity contribution in [1.82, 2.24) is 24.7 Å². The minimum atomic E-state index is -0.123. The van der Waals surface area contributed by atoms with E-state index in [-0.39, 0.29) is 12.3 Å². The van der Waals surface area contributed by atoms with Crippen LogP contribution in [0.4, 0.5) is 17.3 Å². The van der Waals surface area contributed by atoms with Crippen LogP contribution in [0.3, 0.4) is 0 Å². The van der Waals surface area contributed by atoms with E-state index in [4.69, 9.17) is 11.6 Å². The molecule has 0 bridgehead atoms. The number of halogens is 1. The zero-order valence-electron chi connectivity index (χ0n) is 18.2. The highest BCUT2D eigenvalue weighted by atomic mass is 35.5. The molecular formula is C24H19ClN8O. The first-order chi connectivity index (χ1) is 16.5. The maximum absolute atomic E-state index is 13.1. The highest BCUT2D eigenvalue weighted by molar-refractivity contribution is 6.30. The Morgan fingerprint density at radius 1 is 1.21 bits per heavy atom. The average molecular weight is 471 g/mol. The third-order valence-corrected chi connectivity index (χ3v) is 6.04. The number of aromatic nitrogens is 5. The van der Waals surface area contributed by atoms with Crippen LogP contribution in [-0.2, 0) is 24.7 Å². The number of hydrogen-bond acceptors (Lipinski definition) is 7. The summed E-state index contributed by atoms with van der Waals surface area (Å²) in [5.41, 5.74) is 4.13. The summed E-state index contributed by atoms with van der Waals surface area (Å²) in [7, 11) is 1.83. The second-order valence-corrected chi connectivity index (χ2v) is 8.18. The molecule has 9 nitrogen and oxygen atoms in total. The Labute approximate surface area is 200 Å². The third-order valence-electron chi connectivity index (χ3n) is 5.70. The first kappa shape index (κ1) is 21.6. The van der Waals surface area contributed by atoms with Crippen molar-refractivity contribution in [3.63, 3.8) is 0 Å². The van der Waals surface area contributed by atoms with Crippen LogP contribution in [0.2, 0.25) is 5.15 Å². The van der Waals surface area contributed by atoms with Gasteiger partial charge in [0.15, 0.2) is 0 Å².